The van der Waals surface area contributed by atoms with Gasteiger partial charge in [0.2, 0.25) is 5.91 Å². The molecule has 0 spiro atoms. The van der Waals surface area contributed by atoms with E-state index in [4.69, 9.17) is 5.11 Å². The molecule has 5 aromatic rings. The van der Waals surface area contributed by atoms with Crippen molar-refractivity contribution >= 4 is 55.6 Å². The number of aromatic carboxylic acids is 1. The Morgan fingerprint density at radius 3 is 2.42 bits per heavy atom. The van der Waals surface area contributed by atoms with Crippen molar-refractivity contribution in [3.05, 3.63) is 114 Å². The van der Waals surface area contributed by atoms with Gasteiger partial charge in [-0.25, -0.2) is 18.2 Å². The minimum atomic E-state index is -3.79. The van der Waals surface area contributed by atoms with Crippen LogP contribution >= 0.6 is 0 Å². The number of hydrogen-bond donors (Lipinski definition) is 4. The number of carbonyl (C=O) groups is 2. The molecule has 0 radical (unpaired) electrons. The van der Waals surface area contributed by atoms with Gasteiger partial charge in [-0.3, -0.25) is 14.4 Å². The number of hydrogen-bond acceptors (Lipinski definition) is 9. The molecular weight excluding hydrogens is 683 g/mol. The maximum absolute atomic E-state index is 12.9. The Labute approximate surface area is 301 Å². The van der Waals surface area contributed by atoms with Crippen molar-refractivity contribution in [1.29, 1.82) is 0 Å². The number of aromatic nitrogens is 2. The molecule has 52 heavy (non-hydrogen) atoms. The molecule has 0 saturated heterocycles. The lowest BCUT2D eigenvalue weighted by Gasteiger charge is -2.40. The second-order valence-corrected chi connectivity index (χ2v) is 14.1. The summed E-state index contributed by atoms with van der Waals surface area (Å²) in [5.74, 6) is -1.25. The van der Waals surface area contributed by atoms with Crippen molar-refractivity contribution < 1.29 is 28.2 Å². The molecule has 268 valence electrons. The summed E-state index contributed by atoms with van der Waals surface area (Å²) in [6.45, 7) is 6.47. The van der Waals surface area contributed by atoms with Gasteiger partial charge in [0, 0.05) is 49.0 Å². The van der Waals surface area contributed by atoms with Crippen molar-refractivity contribution in [3.8, 4) is 5.75 Å². The van der Waals surface area contributed by atoms with Gasteiger partial charge in [-0.15, -0.1) is 0 Å². The lowest BCUT2D eigenvalue weighted by molar-refractivity contribution is -0.134. The summed E-state index contributed by atoms with van der Waals surface area (Å²) in [4.78, 5) is 35.5. The molecule has 1 aliphatic carbocycles. The van der Waals surface area contributed by atoms with Crippen molar-refractivity contribution in [3.63, 3.8) is 0 Å². The molecule has 0 bridgehead atoms. The molecular formula is C38H39N7O6S. The monoisotopic (exact) mass is 721 g/mol. The van der Waals surface area contributed by atoms with E-state index in [1.807, 2.05) is 4.90 Å². The molecule has 13 nitrogen and oxygen atoms in total. The predicted molar refractivity (Wildman–Crippen MR) is 199 cm³/mol. The van der Waals surface area contributed by atoms with Gasteiger partial charge in [-0.1, -0.05) is 24.3 Å². The number of anilines is 1. The number of benzene rings is 3. The largest absolute Gasteiger partial charge is 0.507 e. The number of aromatic amines is 1. The number of pyridine rings is 1. The Morgan fingerprint density at radius 1 is 1.00 bits per heavy atom. The van der Waals surface area contributed by atoms with Crippen molar-refractivity contribution in [2.75, 3.05) is 31.4 Å². The van der Waals surface area contributed by atoms with Crippen molar-refractivity contribution in [2.45, 2.75) is 31.2 Å². The van der Waals surface area contributed by atoms with Gasteiger partial charge >= 0.3 is 5.97 Å². The second kappa shape index (κ2) is 15.2. The fourth-order valence-corrected chi connectivity index (χ4v) is 7.57. The Bertz CT molecular complexity index is 2270. The van der Waals surface area contributed by atoms with E-state index in [0.717, 1.165) is 26.1 Å². The lowest BCUT2D eigenvalue weighted by atomic mass is 9.79. The highest BCUT2D eigenvalue weighted by Crippen LogP contribution is 2.41. The average Bonchev–Trinajstić information content (AvgIpc) is 3.56. The third-order valence-corrected chi connectivity index (χ3v) is 10.6. The van der Waals surface area contributed by atoms with E-state index in [1.165, 1.54) is 82.3 Å². The maximum Gasteiger partial charge on any atom is 0.339 e. The predicted octanol–water partition coefficient (Wildman–Crippen LogP) is 6.61. The van der Waals surface area contributed by atoms with E-state index >= 15 is 0 Å². The zero-order chi connectivity index (χ0) is 37.0. The number of amides is 1. The van der Waals surface area contributed by atoms with Crippen LogP contribution < -0.4 is 4.72 Å². The number of aromatic hydroxyl groups is 1. The number of nitrogens with zero attached hydrogens (tertiary/aromatic N) is 5. The molecule has 3 aromatic carbocycles. The van der Waals surface area contributed by atoms with E-state index in [1.54, 1.807) is 12.1 Å². The zero-order valence-electron chi connectivity index (χ0n) is 28.9. The average molecular weight is 722 g/mol. The minimum Gasteiger partial charge on any atom is -0.507 e. The molecule has 14 heteroatoms. The zero-order valence-corrected chi connectivity index (χ0v) is 29.7. The quantitative estimate of drug-likeness (QED) is 0.123. The Kier molecular flexibility index (Phi) is 10.5. The first-order valence-corrected chi connectivity index (χ1v) is 18.3. The SMILES string of the molecule is CCN(CC)C(=O)[C@@H]1C=C2c3cccc4[nH]cc(c34)C[C@H]2N(C)C1.O=C(O)c1cc(N=Nc2ccc(S(=O)(=O)Nc3ccccn3)cc2)ccc1O. The van der Waals surface area contributed by atoms with E-state index in [2.05, 4.69) is 81.2 Å². The van der Waals surface area contributed by atoms with Crippen molar-refractivity contribution in [1.82, 2.24) is 19.8 Å². The van der Waals surface area contributed by atoms with Gasteiger partial charge in [0.05, 0.1) is 22.2 Å². The number of H-pyrrole nitrogens is 1. The molecule has 0 saturated carbocycles. The summed E-state index contributed by atoms with van der Waals surface area (Å²) in [7, 11) is -1.64. The number of rotatable bonds is 9. The molecule has 1 aliphatic heterocycles. The Morgan fingerprint density at radius 2 is 1.73 bits per heavy atom. The molecule has 1 amide bonds. The third-order valence-electron chi connectivity index (χ3n) is 9.20. The molecule has 2 aliphatic rings. The fourth-order valence-electron chi connectivity index (χ4n) is 6.56. The van der Waals surface area contributed by atoms with Crippen LogP contribution in [0.1, 0.15) is 35.3 Å². The molecule has 4 N–H and O–H groups in total. The van der Waals surface area contributed by atoms with Gasteiger partial charge in [0.1, 0.15) is 17.1 Å². The summed E-state index contributed by atoms with van der Waals surface area (Å²) in [6, 6.07) is 21.1. The van der Waals surface area contributed by atoms with E-state index in [-0.39, 0.29) is 39.5 Å². The first kappa shape index (κ1) is 35.9. The van der Waals surface area contributed by atoms with Crippen LogP contribution in [0.2, 0.25) is 0 Å². The Balaban J connectivity index is 0.000000180. The first-order valence-electron chi connectivity index (χ1n) is 16.8. The summed E-state index contributed by atoms with van der Waals surface area (Å²) in [6.07, 6.45) is 6.88. The summed E-state index contributed by atoms with van der Waals surface area (Å²) in [5, 5.41) is 27.6. The second-order valence-electron chi connectivity index (χ2n) is 12.5. The number of carboxylic acid groups (broad SMARTS) is 1. The van der Waals surface area contributed by atoms with Gasteiger partial charge < -0.3 is 20.1 Å². The Hall–Kier alpha value is -5.86. The van der Waals surface area contributed by atoms with Crippen LogP contribution in [0.15, 0.2) is 112 Å². The first-order chi connectivity index (χ1) is 25.0. The van der Waals surface area contributed by atoms with Gasteiger partial charge in [-0.2, -0.15) is 10.2 Å². The number of likely N-dealkylation sites (N-methyl/N-ethyl adjacent to an activating group) is 1. The molecule has 0 fully saturated rings. The van der Waals surface area contributed by atoms with Crippen LogP contribution in [0.25, 0.3) is 16.5 Å². The van der Waals surface area contributed by atoms with Crippen LogP contribution in [0.4, 0.5) is 17.2 Å². The maximum atomic E-state index is 12.9. The van der Waals surface area contributed by atoms with Crippen LogP contribution in [-0.4, -0.2) is 83.0 Å². The molecule has 3 heterocycles. The highest BCUT2D eigenvalue weighted by atomic mass is 32.2. The van der Waals surface area contributed by atoms with Crippen LogP contribution in [0, 0.1) is 5.92 Å². The summed E-state index contributed by atoms with van der Waals surface area (Å²) in [5.41, 5.74) is 5.50. The number of phenols is 1. The van der Waals surface area contributed by atoms with Gasteiger partial charge in [-0.05, 0) is 105 Å². The van der Waals surface area contributed by atoms with Gasteiger partial charge in [0.25, 0.3) is 10.0 Å². The van der Waals surface area contributed by atoms with Crippen LogP contribution in [-0.2, 0) is 21.2 Å². The van der Waals surface area contributed by atoms with Crippen LogP contribution in [0.3, 0.4) is 0 Å². The number of carboxylic acids is 1. The van der Waals surface area contributed by atoms with E-state index < -0.39 is 16.0 Å². The number of nitrogens with one attached hydrogen (secondary N) is 2. The minimum absolute atomic E-state index is 0.0231. The number of azo groups is 1. The van der Waals surface area contributed by atoms with Crippen LogP contribution in [0.5, 0.6) is 5.75 Å². The normalized spacial score (nSPS) is 16.8. The number of carbonyl (C=O) groups excluding carboxylic acids is 1. The standard InChI is InChI=1S/C20H25N3O.C18H14N4O5S/c1-4-23(5-2)20(24)14-9-16-15-7-6-8-17-19(15)13(11-21-17)10-18(16)22(3)12-14;23-16-9-6-13(11-15(16)18(24)25)21-20-12-4-7-14(8-5-12)28(26,27)22-17-3-1-2-10-19-17/h6-9,11,14,18,21H,4-5,10,12H2,1-3H3;1-11,23H,(H,19,22)(H,24,25)/t14-,18-;/m1./s1. The highest BCUT2D eigenvalue weighted by Gasteiger charge is 2.36. The summed E-state index contributed by atoms with van der Waals surface area (Å²) < 4.78 is 27.0. The summed E-state index contributed by atoms with van der Waals surface area (Å²) >= 11 is 0. The van der Waals surface area contributed by atoms with Crippen molar-refractivity contribution in [2.24, 2.45) is 16.1 Å². The highest BCUT2D eigenvalue weighted by molar-refractivity contribution is 7.92. The number of sulfonamides is 1. The smallest absolute Gasteiger partial charge is 0.339 e. The molecule has 0 unspecified atom stereocenters. The number of fused-ring (bicyclic) bond motifs is 2. The lowest BCUT2D eigenvalue weighted by Crippen LogP contribution is -2.47. The molecule has 2 aromatic heterocycles. The topological polar surface area (TPSA) is 181 Å². The van der Waals surface area contributed by atoms with E-state index in [0.29, 0.717) is 11.7 Å². The molecule has 7 rings (SSSR count). The fraction of sp³-hybridized carbons (Fsp3) is 0.237. The van der Waals surface area contributed by atoms with Gasteiger partial charge in [0.15, 0.2) is 0 Å². The third kappa shape index (κ3) is 7.57. The van der Waals surface area contributed by atoms with E-state index in [9.17, 15) is 23.1 Å². The molecule has 2 atom stereocenters.